The minimum Gasteiger partial charge on any atom is -0.489 e. The zero-order valence-electron chi connectivity index (χ0n) is 10.4. The van der Waals surface area contributed by atoms with Gasteiger partial charge in [0.2, 0.25) is 0 Å². The van der Waals surface area contributed by atoms with Gasteiger partial charge < -0.3 is 9.47 Å². The average molecular weight is 260 g/mol. The molecule has 0 radical (unpaired) electrons. The molecule has 2 aromatic rings. The third kappa shape index (κ3) is 3.55. The molecule has 98 valence electrons. The van der Waals surface area contributed by atoms with Crippen LogP contribution in [0.3, 0.4) is 0 Å². The summed E-state index contributed by atoms with van der Waals surface area (Å²) in [5, 5.41) is 0. The van der Waals surface area contributed by atoms with Crippen molar-refractivity contribution >= 4 is 5.97 Å². The molecule has 3 nitrogen and oxygen atoms in total. The van der Waals surface area contributed by atoms with Crippen molar-refractivity contribution in [2.45, 2.75) is 6.61 Å². The van der Waals surface area contributed by atoms with Gasteiger partial charge in [-0.25, -0.2) is 9.18 Å². The molecule has 0 unspecified atom stereocenters. The second-order valence-electron chi connectivity index (χ2n) is 3.93. The zero-order valence-corrected chi connectivity index (χ0v) is 10.4. The third-order valence-corrected chi connectivity index (χ3v) is 2.57. The second kappa shape index (κ2) is 6.00. The monoisotopic (exact) mass is 260 g/mol. The molecule has 0 N–H and O–H groups in total. The molecular formula is C15H13FO3. The number of ether oxygens (including phenoxy) is 2. The fourth-order valence-electron chi connectivity index (χ4n) is 1.58. The average Bonchev–Trinajstić information content (AvgIpc) is 2.46. The molecule has 2 aromatic carbocycles. The summed E-state index contributed by atoms with van der Waals surface area (Å²) < 4.78 is 22.9. The Morgan fingerprint density at radius 1 is 1.16 bits per heavy atom. The summed E-state index contributed by atoms with van der Waals surface area (Å²) in [7, 11) is 1.33. The topological polar surface area (TPSA) is 35.5 Å². The van der Waals surface area contributed by atoms with Crippen LogP contribution < -0.4 is 4.74 Å². The maximum atomic E-state index is 12.7. The van der Waals surface area contributed by atoms with E-state index in [9.17, 15) is 9.18 Å². The Labute approximate surface area is 110 Å². The van der Waals surface area contributed by atoms with Gasteiger partial charge in [0.05, 0.1) is 12.7 Å². The summed E-state index contributed by atoms with van der Waals surface area (Å²) in [6, 6.07) is 12.8. The normalized spacial score (nSPS) is 10.0. The van der Waals surface area contributed by atoms with Gasteiger partial charge in [0.15, 0.2) is 0 Å². The summed E-state index contributed by atoms with van der Waals surface area (Å²) in [5.74, 6) is -0.129. The smallest absolute Gasteiger partial charge is 0.337 e. The molecule has 2 rings (SSSR count). The number of hydrogen-bond donors (Lipinski definition) is 0. The van der Waals surface area contributed by atoms with Crippen molar-refractivity contribution in [2.75, 3.05) is 7.11 Å². The number of carbonyl (C=O) groups excluding carboxylic acids is 1. The fraction of sp³-hybridized carbons (Fsp3) is 0.133. The van der Waals surface area contributed by atoms with E-state index in [1.807, 2.05) is 0 Å². The van der Waals surface area contributed by atoms with Crippen molar-refractivity contribution in [1.82, 2.24) is 0 Å². The highest BCUT2D eigenvalue weighted by Crippen LogP contribution is 2.16. The lowest BCUT2D eigenvalue weighted by atomic mass is 10.2. The first-order valence-electron chi connectivity index (χ1n) is 5.74. The van der Waals surface area contributed by atoms with Gasteiger partial charge >= 0.3 is 5.97 Å². The summed E-state index contributed by atoms with van der Waals surface area (Å²) in [6.45, 7) is 0.310. The van der Waals surface area contributed by atoms with Crippen LogP contribution in [0.1, 0.15) is 15.9 Å². The van der Waals surface area contributed by atoms with Crippen LogP contribution in [-0.4, -0.2) is 13.1 Å². The van der Waals surface area contributed by atoms with Crippen molar-refractivity contribution in [3.8, 4) is 5.75 Å². The van der Waals surface area contributed by atoms with Crippen molar-refractivity contribution in [3.05, 3.63) is 65.5 Å². The summed E-state index contributed by atoms with van der Waals surface area (Å²) in [6.07, 6.45) is 0. The Hall–Kier alpha value is -2.36. The molecule has 0 saturated heterocycles. The first kappa shape index (κ1) is 13.1. The van der Waals surface area contributed by atoms with E-state index in [-0.39, 0.29) is 5.82 Å². The molecule has 4 heteroatoms. The highest BCUT2D eigenvalue weighted by molar-refractivity contribution is 5.89. The minimum atomic E-state index is -0.410. The largest absolute Gasteiger partial charge is 0.489 e. The van der Waals surface area contributed by atoms with E-state index >= 15 is 0 Å². The molecule has 0 spiro atoms. The molecule has 0 aliphatic heterocycles. The van der Waals surface area contributed by atoms with Crippen LogP contribution in [0.4, 0.5) is 4.39 Å². The lowest BCUT2D eigenvalue weighted by molar-refractivity contribution is 0.0600. The van der Waals surface area contributed by atoms with Gasteiger partial charge in [0.1, 0.15) is 18.2 Å². The van der Waals surface area contributed by atoms with Crippen molar-refractivity contribution < 1.29 is 18.7 Å². The quantitative estimate of drug-likeness (QED) is 0.792. The lowest BCUT2D eigenvalue weighted by Crippen LogP contribution is -2.02. The van der Waals surface area contributed by atoms with Crippen LogP contribution in [0.5, 0.6) is 5.75 Å². The van der Waals surface area contributed by atoms with E-state index in [1.165, 1.54) is 19.2 Å². The molecule has 0 bridgehead atoms. The Bertz CT molecular complexity index is 564. The number of methoxy groups -OCH3 is 1. The van der Waals surface area contributed by atoms with E-state index in [4.69, 9.17) is 4.74 Å². The van der Waals surface area contributed by atoms with Gasteiger partial charge in [0, 0.05) is 0 Å². The molecule has 0 atom stereocenters. The molecule has 0 aliphatic rings. The predicted octanol–water partition coefficient (Wildman–Crippen LogP) is 3.19. The second-order valence-corrected chi connectivity index (χ2v) is 3.93. The number of esters is 1. The molecule has 0 amide bonds. The Balaban J connectivity index is 2.03. The highest BCUT2D eigenvalue weighted by atomic mass is 19.1. The maximum absolute atomic E-state index is 12.7. The van der Waals surface area contributed by atoms with Crippen LogP contribution in [0.15, 0.2) is 48.5 Å². The predicted molar refractivity (Wildman–Crippen MR) is 68.5 cm³/mol. The van der Waals surface area contributed by atoms with Gasteiger partial charge in [0.25, 0.3) is 0 Å². The van der Waals surface area contributed by atoms with Gasteiger partial charge in [-0.3, -0.25) is 0 Å². The molecular weight excluding hydrogens is 247 g/mol. The summed E-state index contributed by atoms with van der Waals surface area (Å²) in [4.78, 5) is 11.4. The fourth-order valence-corrected chi connectivity index (χ4v) is 1.58. The Kier molecular flexibility index (Phi) is 4.13. The molecule has 19 heavy (non-hydrogen) atoms. The van der Waals surface area contributed by atoms with Gasteiger partial charge in [-0.1, -0.05) is 18.2 Å². The number of hydrogen-bond acceptors (Lipinski definition) is 3. The standard InChI is InChI=1S/C15H13FO3/c1-18-15(17)12-3-2-4-14(9-12)19-10-11-5-7-13(16)8-6-11/h2-9H,10H2,1H3. The van der Waals surface area contributed by atoms with Crippen LogP contribution in [-0.2, 0) is 11.3 Å². The van der Waals surface area contributed by atoms with Crippen LogP contribution in [0.2, 0.25) is 0 Å². The van der Waals surface area contributed by atoms with Gasteiger partial charge in [-0.2, -0.15) is 0 Å². The number of rotatable bonds is 4. The Morgan fingerprint density at radius 2 is 1.89 bits per heavy atom. The van der Waals surface area contributed by atoms with Crippen molar-refractivity contribution in [1.29, 1.82) is 0 Å². The van der Waals surface area contributed by atoms with Gasteiger partial charge in [-0.15, -0.1) is 0 Å². The lowest BCUT2D eigenvalue weighted by Gasteiger charge is -2.07. The first-order valence-corrected chi connectivity index (χ1v) is 5.74. The zero-order chi connectivity index (χ0) is 13.7. The highest BCUT2D eigenvalue weighted by Gasteiger charge is 2.06. The van der Waals surface area contributed by atoms with E-state index in [1.54, 1.807) is 36.4 Å². The maximum Gasteiger partial charge on any atom is 0.337 e. The number of benzene rings is 2. The first-order chi connectivity index (χ1) is 9.19. The Morgan fingerprint density at radius 3 is 2.58 bits per heavy atom. The number of carbonyl (C=O) groups is 1. The number of halogens is 1. The van der Waals surface area contributed by atoms with E-state index in [2.05, 4.69) is 4.74 Å². The van der Waals surface area contributed by atoms with Crippen LogP contribution in [0, 0.1) is 5.82 Å². The van der Waals surface area contributed by atoms with Crippen LogP contribution >= 0.6 is 0 Å². The van der Waals surface area contributed by atoms with E-state index < -0.39 is 5.97 Å². The SMILES string of the molecule is COC(=O)c1cccc(OCc2ccc(F)cc2)c1. The van der Waals surface area contributed by atoms with Crippen molar-refractivity contribution in [3.63, 3.8) is 0 Å². The minimum absolute atomic E-state index is 0.281. The van der Waals surface area contributed by atoms with E-state index in [0.29, 0.717) is 17.9 Å². The third-order valence-electron chi connectivity index (χ3n) is 2.57. The summed E-state index contributed by atoms with van der Waals surface area (Å²) >= 11 is 0. The molecule has 0 saturated carbocycles. The summed E-state index contributed by atoms with van der Waals surface area (Å²) in [5.41, 5.74) is 1.28. The molecule has 0 aromatic heterocycles. The van der Waals surface area contributed by atoms with Gasteiger partial charge in [-0.05, 0) is 35.9 Å². The molecule has 0 aliphatic carbocycles. The van der Waals surface area contributed by atoms with Crippen molar-refractivity contribution in [2.24, 2.45) is 0 Å². The van der Waals surface area contributed by atoms with E-state index in [0.717, 1.165) is 5.56 Å². The van der Waals surface area contributed by atoms with Crippen LogP contribution in [0.25, 0.3) is 0 Å². The molecule has 0 heterocycles. The molecule has 0 fully saturated rings.